The summed E-state index contributed by atoms with van der Waals surface area (Å²) in [5, 5.41) is 12.0. The molecule has 1 amide bonds. The second-order valence-electron chi connectivity index (χ2n) is 5.67. The average Bonchev–Trinajstić information content (AvgIpc) is 3.24. The summed E-state index contributed by atoms with van der Waals surface area (Å²) < 4.78 is 0. The monoisotopic (exact) mass is 314 g/mol. The fraction of sp³-hybridized carbons (Fsp3) is 0.421. The molecule has 0 heterocycles. The van der Waals surface area contributed by atoms with Gasteiger partial charge in [0.2, 0.25) is 0 Å². The number of rotatable bonds is 9. The molecule has 0 fully saturated rings. The van der Waals surface area contributed by atoms with Crippen molar-refractivity contribution in [3.63, 3.8) is 0 Å². The van der Waals surface area contributed by atoms with Crippen molar-refractivity contribution >= 4 is 5.91 Å². The molecule has 0 radical (unpaired) electrons. The van der Waals surface area contributed by atoms with Crippen LogP contribution in [0.15, 0.2) is 59.3 Å². The van der Waals surface area contributed by atoms with Gasteiger partial charge in [0.1, 0.15) is 0 Å². The summed E-state index contributed by atoms with van der Waals surface area (Å²) in [6.45, 7) is 5.04. The van der Waals surface area contributed by atoms with Crippen molar-refractivity contribution in [3.8, 4) is 0 Å². The molecule has 124 valence electrons. The lowest BCUT2D eigenvalue weighted by atomic mass is 10.0. The van der Waals surface area contributed by atoms with Gasteiger partial charge in [-0.1, -0.05) is 43.4 Å². The standard InChI is InChI=1S/C19H26N2O2/c1-2-21(13-14-22)12-11-20-19(23)18(17-9-5-6-10-17)15-16-7-3-4-8-16/h3-7,9,15,22H,2,8,10-14H2,1H3,(H,20,23)/b18-15+. The Hall–Kier alpha value is -1.91. The number of carbonyl (C=O) groups excluding carboxylic acids is 1. The van der Waals surface area contributed by atoms with Crippen molar-refractivity contribution in [1.82, 2.24) is 10.2 Å². The Morgan fingerprint density at radius 1 is 1.26 bits per heavy atom. The van der Waals surface area contributed by atoms with Gasteiger partial charge in [0, 0.05) is 25.2 Å². The first-order valence-electron chi connectivity index (χ1n) is 8.29. The largest absolute Gasteiger partial charge is 0.395 e. The summed E-state index contributed by atoms with van der Waals surface area (Å²) in [5.74, 6) is -0.0206. The second kappa shape index (κ2) is 9.28. The van der Waals surface area contributed by atoms with Gasteiger partial charge >= 0.3 is 0 Å². The second-order valence-corrected chi connectivity index (χ2v) is 5.67. The Morgan fingerprint density at radius 3 is 2.65 bits per heavy atom. The quantitative estimate of drug-likeness (QED) is 0.641. The molecule has 0 bridgehead atoms. The Morgan fingerprint density at radius 2 is 2.04 bits per heavy atom. The van der Waals surface area contributed by atoms with Crippen LogP contribution in [0.2, 0.25) is 0 Å². The maximum atomic E-state index is 12.6. The normalized spacial score (nSPS) is 16.9. The van der Waals surface area contributed by atoms with Crippen molar-refractivity contribution in [2.75, 3.05) is 32.8 Å². The molecule has 2 aliphatic rings. The van der Waals surface area contributed by atoms with Crippen LogP contribution in [0.4, 0.5) is 0 Å². The molecule has 4 heteroatoms. The molecular formula is C19H26N2O2. The zero-order valence-electron chi connectivity index (χ0n) is 13.8. The summed E-state index contributed by atoms with van der Waals surface area (Å²) in [6.07, 6.45) is 15.9. The van der Waals surface area contributed by atoms with Gasteiger partial charge in [0.05, 0.1) is 6.61 Å². The zero-order chi connectivity index (χ0) is 16.5. The third-order valence-corrected chi connectivity index (χ3v) is 4.07. The molecule has 4 nitrogen and oxygen atoms in total. The first kappa shape index (κ1) is 17.4. The molecule has 0 aromatic heterocycles. The van der Waals surface area contributed by atoms with Crippen LogP contribution < -0.4 is 5.32 Å². The third-order valence-electron chi connectivity index (χ3n) is 4.07. The number of hydrogen-bond donors (Lipinski definition) is 2. The smallest absolute Gasteiger partial charge is 0.251 e. The Bertz CT molecular complexity index is 568. The minimum absolute atomic E-state index is 0.0206. The van der Waals surface area contributed by atoms with E-state index in [1.807, 2.05) is 24.3 Å². The van der Waals surface area contributed by atoms with Crippen LogP contribution in [-0.2, 0) is 4.79 Å². The molecule has 2 rings (SSSR count). The van der Waals surface area contributed by atoms with Crippen LogP contribution in [0.1, 0.15) is 19.8 Å². The van der Waals surface area contributed by atoms with Gasteiger partial charge in [-0.3, -0.25) is 9.69 Å². The highest BCUT2D eigenvalue weighted by atomic mass is 16.3. The van der Waals surface area contributed by atoms with Gasteiger partial charge in [-0.15, -0.1) is 0 Å². The molecule has 0 aromatic rings. The summed E-state index contributed by atoms with van der Waals surface area (Å²) >= 11 is 0. The molecule has 0 saturated carbocycles. The molecule has 0 unspecified atom stereocenters. The number of amides is 1. The number of nitrogens with one attached hydrogen (secondary N) is 1. The predicted molar refractivity (Wildman–Crippen MR) is 94.0 cm³/mol. The van der Waals surface area contributed by atoms with Crippen molar-refractivity contribution in [2.45, 2.75) is 19.8 Å². The highest BCUT2D eigenvalue weighted by Gasteiger charge is 2.16. The van der Waals surface area contributed by atoms with Gasteiger partial charge in [-0.25, -0.2) is 0 Å². The molecular weight excluding hydrogens is 288 g/mol. The molecule has 2 N–H and O–H groups in total. The van der Waals surface area contributed by atoms with E-state index in [0.29, 0.717) is 13.1 Å². The first-order chi connectivity index (χ1) is 11.2. The number of aliphatic hydroxyl groups is 1. The van der Waals surface area contributed by atoms with E-state index in [0.717, 1.165) is 37.1 Å². The van der Waals surface area contributed by atoms with E-state index in [4.69, 9.17) is 5.11 Å². The lowest BCUT2D eigenvalue weighted by Gasteiger charge is -2.19. The fourth-order valence-electron chi connectivity index (χ4n) is 2.70. The Labute approximate surface area is 138 Å². The fourth-order valence-corrected chi connectivity index (χ4v) is 2.70. The molecule has 23 heavy (non-hydrogen) atoms. The topological polar surface area (TPSA) is 52.6 Å². The number of carbonyl (C=O) groups is 1. The molecule has 0 spiro atoms. The molecule has 0 atom stereocenters. The lowest BCUT2D eigenvalue weighted by Crippen LogP contribution is -2.37. The van der Waals surface area contributed by atoms with Crippen LogP contribution in [0.25, 0.3) is 0 Å². The minimum Gasteiger partial charge on any atom is -0.395 e. The lowest BCUT2D eigenvalue weighted by molar-refractivity contribution is -0.117. The number of likely N-dealkylation sites (N-methyl/N-ethyl adjacent to an activating group) is 1. The van der Waals surface area contributed by atoms with Crippen LogP contribution in [0.5, 0.6) is 0 Å². The van der Waals surface area contributed by atoms with Gasteiger partial charge < -0.3 is 10.4 Å². The maximum absolute atomic E-state index is 12.6. The van der Waals surface area contributed by atoms with Crippen LogP contribution in [-0.4, -0.2) is 48.7 Å². The van der Waals surface area contributed by atoms with E-state index in [2.05, 4.69) is 35.4 Å². The maximum Gasteiger partial charge on any atom is 0.251 e. The third kappa shape index (κ3) is 5.34. The van der Waals surface area contributed by atoms with E-state index < -0.39 is 0 Å². The predicted octanol–water partition coefficient (Wildman–Crippen LogP) is 2.12. The minimum atomic E-state index is -0.0206. The molecule has 0 saturated heterocycles. The molecule has 0 aliphatic heterocycles. The number of aliphatic hydroxyl groups excluding tert-OH is 1. The summed E-state index contributed by atoms with van der Waals surface area (Å²) in [4.78, 5) is 14.7. The first-order valence-corrected chi connectivity index (χ1v) is 8.29. The summed E-state index contributed by atoms with van der Waals surface area (Å²) in [5.41, 5.74) is 2.99. The number of hydrogen-bond acceptors (Lipinski definition) is 3. The summed E-state index contributed by atoms with van der Waals surface area (Å²) in [7, 11) is 0. The Kier molecular flexibility index (Phi) is 7.04. The highest BCUT2D eigenvalue weighted by Crippen LogP contribution is 2.23. The van der Waals surface area contributed by atoms with Crippen LogP contribution in [0.3, 0.4) is 0 Å². The van der Waals surface area contributed by atoms with Crippen molar-refractivity contribution in [1.29, 1.82) is 0 Å². The van der Waals surface area contributed by atoms with E-state index in [9.17, 15) is 4.79 Å². The van der Waals surface area contributed by atoms with Gasteiger partial charge in [-0.05, 0) is 36.6 Å². The number of nitrogens with zero attached hydrogens (tertiary/aromatic N) is 1. The van der Waals surface area contributed by atoms with Crippen molar-refractivity contribution in [2.24, 2.45) is 0 Å². The SMILES string of the molecule is CCN(CCO)CCNC(=O)/C(=C/C1=CC=CC1)C1=CC=CC1. The van der Waals surface area contributed by atoms with Crippen LogP contribution in [0, 0.1) is 0 Å². The van der Waals surface area contributed by atoms with Crippen molar-refractivity contribution in [3.05, 3.63) is 59.3 Å². The summed E-state index contributed by atoms with van der Waals surface area (Å²) in [6, 6.07) is 0. The van der Waals surface area contributed by atoms with E-state index >= 15 is 0 Å². The van der Waals surface area contributed by atoms with Gasteiger partial charge in [0.15, 0.2) is 0 Å². The number of allylic oxidation sites excluding steroid dienone is 8. The van der Waals surface area contributed by atoms with E-state index in [1.165, 1.54) is 5.57 Å². The molecule has 0 aromatic carbocycles. The van der Waals surface area contributed by atoms with E-state index in [1.54, 1.807) is 0 Å². The van der Waals surface area contributed by atoms with Gasteiger partial charge in [-0.2, -0.15) is 0 Å². The molecule has 2 aliphatic carbocycles. The zero-order valence-corrected chi connectivity index (χ0v) is 13.8. The van der Waals surface area contributed by atoms with Crippen LogP contribution >= 0.6 is 0 Å². The van der Waals surface area contributed by atoms with E-state index in [-0.39, 0.29) is 12.5 Å². The van der Waals surface area contributed by atoms with Gasteiger partial charge in [0.25, 0.3) is 5.91 Å². The Balaban J connectivity index is 1.94. The van der Waals surface area contributed by atoms with Crippen molar-refractivity contribution < 1.29 is 9.90 Å². The average molecular weight is 314 g/mol. The highest BCUT2D eigenvalue weighted by molar-refractivity contribution is 5.98.